The molecule has 20 heavy (non-hydrogen) atoms. The fraction of sp³-hybridized carbons (Fsp3) is 0.462. The van der Waals surface area contributed by atoms with Crippen LogP contribution in [-0.4, -0.2) is 34.8 Å². The van der Waals surface area contributed by atoms with Gasteiger partial charge in [0.15, 0.2) is 5.51 Å². The summed E-state index contributed by atoms with van der Waals surface area (Å²) < 4.78 is 10.6. The SMILES string of the molecule is CC(C)(C)OC(=O)NCCOc1ccc2n[c]sc2n1. The van der Waals surface area contributed by atoms with Crippen molar-refractivity contribution >= 4 is 27.8 Å². The molecule has 0 aliphatic rings. The van der Waals surface area contributed by atoms with Gasteiger partial charge in [-0.05, 0) is 26.8 Å². The minimum absolute atomic E-state index is 0.320. The Hall–Kier alpha value is -1.89. The molecular weight excluding hydrogens is 278 g/mol. The Morgan fingerprint density at radius 2 is 2.25 bits per heavy atom. The van der Waals surface area contributed by atoms with E-state index in [0.717, 1.165) is 10.3 Å². The maximum absolute atomic E-state index is 11.4. The first-order chi connectivity index (χ1) is 9.44. The molecule has 1 N–H and O–H groups in total. The number of nitrogens with one attached hydrogen (secondary N) is 1. The maximum Gasteiger partial charge on any atom is 0.407 e. The number of hydrogen-bond acceptors (Lipinski definition) is 6. The van der Waals surface area contributed by atoms with Crippen molar-refractivity contribution in [2.24, 2.45) is 0 Å². The number of amides is 1. The Labute approximate surface area is 121 Å². The second kappa shape index (κ2) is 6.04. The molecule has 2 aromatic rings. The zero-order chi connectivity index (χ0) is 14.6. The van der Waals surface area contributed by atoms with E-state index in [1.165, 1.54) is 11.3 Å². The van der Waals surface area contributed by atoms with E-state index in [1.807, 2.05) is 26.8 Å². The van der Waals surface area contributed by atoms with Crippen molar-refractivity contribution in [3.8, 4) is 5.88 Å². The smallest absolute Gasteiger partial charge is 0.407 e. The summed E-state index contributed by atoms with van der Waals surface area (Å²) in [5, 5.41) is 2.61. The van der Waals surface area contributed by atoms with Crippen LogP contribution in [0, 0.1) is 5.51 Å². The molecule has 0 aliphatic heterocycles. The predicted octanol–water partition coefficient (Wildman–Crippen LogP) is 2.39. The van der Waals surface area contributed by atoms with Gasteiger partial charge in [-0.25, -0.2) is 14.8 Å². The van der Waals surface area contributed by atoms with Gasteiger partial charge in [-0.2, -0.15) is 0 Å². The molecule has 0 aliphatic carbocycles. The second-order valence-electron chi connectivity index (χ2n) is 5.06. The Morgan fingerprint density at radius 3 is 3.00 bits per heavy atom. The van der Waals surface area contributed by atoms with Gasteiger partial charge in [-0.3, -0.25) is 0 Å². The van der Waals surface area contributed by atoms with Crippen LogP contribution in [-0.2, 0) is 4.74 Å². The van der Waals surface area contributed by atoms with Crippen molar-refractivity contribution in [1.82, 2.24) is 15.3 Å². The molecule has 0 bridgehead atoms. The lowest BCUT2D eigenvalue weighted by atomic mass is 10.2. The van der Waals surface area contributed by atoms with Crippen LogP contribution in [0.4, 0.5) is 4.79 Å². The molecule has 1 radical (unpaired) electrons. The molecule has 1 amide bonds. The fourth-order valence-electron chi connectivity index (χ4n) is 1.39. The zero-order valence-electron chi connectivity index (χ0n) is 11.6. The Balaban J connectivity index is 1.74. The summed E-state index contributed by atoms with van der Waals surface area (Å²) in [5.74, 6) is 0.501. The van der Waals surface area contributed by atoms with E-state index in [0.29, 0.717) is 19.0 Å². The van der Waals surface area contributed by atoms with Crippen LogP contribution in [0.3, 0.4) is 0 Å². The lowest BCUT2D eigenvalue weighted by Crippen LogP contribution is -2.34. The summed E-state index contributed by atoms with van der Waals surface area (Å²) in [5.41, 5.74) is 3.07. The normalized spacial score (nSPS) is 11.3. The van der Waals surface area contributed by atoms with E-state index in [1.54, 1.807) is 6.07 Å². The molecule has 2 aromatic heterocycles. The number of thiazole rings is 1. The lowest BCUT2D eigenvalue weighted by Gasteiger charge is -2.19. The highest BCUT2D eigenvalue weighted by Crippen LogP contribution is 2.18. The first kappa shape index (κ1) is 14.5. The third-order valence-electron chi connectivity index (χ3n) is 2.14. The molecule has 0 fully saturated rings. The van der Waals surface area contributed by atoms with E-state index in [9.17, 15) is 4.79 Å². The van der Waals surface area contributed by atoms with Crippen LogP contribution >= 0.6 is 11.3 Å². The average Bonchev–Trinajstić information content (AvgIpc) is 2.79. The highest BCUT2D eigenvalue weighted by molar-refractivity contribution is 7.15. The first-order valence-corrected chi connectivity index (χ1v) is 6.99. The third kappa shape index (κ3) is 4.34. The van der Waals surface area contributed by atoms with Gasteiger partial charge in [-0.15, -0.1) is 0 Å². The van der Waals surface area contributed by atoms with Gasteiger partial charge in [0.1, 0.15) is 22.6 Å². The number of carbonyl (C=O) groups excluding carboxylic acids is 1. The molecule has 7 heteroatoms. The van der Waals surface area contributed by atoms with Crippen LogP contribution in [0.5, 0.6) is 5.88 Å². The topological polar surface area (TPSA) is 73.3 Å². The fourth-order valence-corrected chi connectivity index (χ4v) is 1.98. The molecule has 2 heterocycles. The third-order valence-corrected chi connectivity index (χ3v) is 2.82. The Kier molecular flexibility index (Phi) is 4.39. The highest BCUT2D eigenvalue weighted by Gasteiger charge is 2.15. The molecule has 0 aromatic carbocycles. The number of aromatic nitrogens is 2. The van der Waals surface area contributed by atoms with Gasteiger partial charge >= 0.3 is 6.09 Å². The Morgan fingerprint density at radius 1 is 1.45 bits per heavy atom. The van der Waals surface area contributed by atoms with Gasteiger partial charge in [0, 0.05) is 6.07 Å². The minimum Gasteiger partial charge on any atom is -0.476 e. The van der Waals surface area contributed by atoms with Crippen molar-refractivity contribution in [2.75, 3.05) is 13.2 Å². The van der Waals surface area contributed by atoms with Crippen LogP contribution < -0.4 is 10.1 Å². The van der Waals surface area contributed by atoms with Gasteiger partial charge < -0.3 is 14.8 Å². The molecule has 0 atom stereocenters. The van der Waals surface area contributed by atoms with E-state index in [4.69, 9.17) is 9.47 Å². The number of nitrogens with zero attached hydrogens (tertiary/aromatic N) is 2. The van der Waals surface area contributed by atoms with Gasteiger partial charge in [-0.1, -0.05) is 11.3 Å². The predicted molar refractivity (Wildman–Crippen MR) is 76.0 cm³/mol. The number of rotatable bonds is 4. The second-order valence-corrected chi connectivity index (χ2v) is 5.83. The summed E-state index contributed by atoms with van der Waals surface area (Å²) in [6, 6.07) is 3.56. The van der Waals surface area contributed by atoms with Crippen LogP contribution in [0.1, 0.15) is 20.8 Å². The zero-order valence-corrected chi connectivity index (χ0v) is 12.4. The summed E-state index contributed by atoms with van der Waals surface area (Å²) in [6.45, 7) is 6.11. The quantitative estimate of drug-likeness (QED) is 0.876. The van der Waals surface area contributed by atoms with Crippen molar-refractivity contribution in [1.29, 1.82) is 0 Å². The molecule has 2 rings (SSSR count). The standard InChI is InChI=1S/C13H16N3O3S/c1-13(2,3)19-12(17)14-6-7-18-10-5-4-9-11(16-10)20-8-15-9/h4-5H,6-7H2,1-3H3,(H,14,17). The number of fused-ring (bicyclic) bond motifs is 1. The van der Waals surface area contributed by atoms with Crippen LogP contribution in [0.2, 0.25) is 0 Å². The molecule has 0 spiro atoms. The monoisotopic (exact) mass is 294 g/mol. The minimum atomic E-state index is -0.500. The van der Waals surface area contributed by atoms with Crippen molar-refractivity contribution < 1.29 is 14.3 Å². The molecule has 0 saturated carbocycles. The van der Waals surface area contributed by atoms with Gasteiger partial charge in [0.25, 0.3) is 0 Å². The average molecular weight is 294 g/mol. The van der Waals surface area contributed by atoms with Crippen molar-refractivity contribution in [3.05, 3.63) is 17.6 Å². The van der Waals surface area contributed by atoms with Crippen LogP contribution in [0.15, 0.2) is 12.1 Å². The van der Waals surface area contributed by atoms with E-state index >= 15 is 0 Å². The number of alkyl carbamates (subject to hydrolysis) is 1. The summed E-state index contributed by atoms with van der Waals surface area (Å²) in [7, 11) is 0. The number of pyridine rings is 1. The maximum atomic E-state index is 11.4. The summed E-state index contributed by atoms with van der Waals surface area (Å²) >= 11 is 1.33. The first-order valence-electron chi connectivity index (χ1n) is 6.17. The Bertz CT molecular complexity index is 592. The number of hydrogen-bond donors (Lipinski definition) is 1. The van der Waals surface area contributed by atoms with Crippen molar-refractivity contribution in [3.63, 3.8) is 0 Å². The molecule has 0 unspecified atom stereocenters. The number of ether oxygens (including phenoxy) is 2. The summed E-state index contributed by atoms with van der Waals surface area (Å²) in [4.78, 5) is 20.5. The van der Waals surface area contributed by atoms with Crippen LogP contribution in [0.25, 0.3) is 10.3 Å². The molecular formula is C13H16N3O3S. The van der Waals surface area contributed by atoms with E-state index in [-0.39, 0.29) is 0 Å². The molecule has 6 nitrogen and oxygen atoms in total. The van der Waals surface area contributed by atoms with Crippen molar-refractivity contribution in [2.45, 2.75) is 26.4 Å². The van der Waals surface area contributed by atoms with E-state index < -0.39 is 11.7 Å². The van der Waals surface area contributed by atoms with E-state index in [2.05, 4.69) is 20.8 Å². The number of carbonyl (C=O) groups is 1. The summed E-state index contributed by atoms with van der Waals surface area (Å²) in [6.07, 6.45) is -0.457. The lowest BCUT2D eigenvalue weighted by molar-refractivity contribution is 0.0520. The molecule has 0 saturated heterocycles. The largest absolute Gasteiger partial charge is 0.476 e. The highest BCUT2D eigenvalue weighted by atomic mass is 32.1. The van der Waals surface area contributed by atoms with Gasteiger partial charge in [0.2, 0.25) is 5.88 Å². The van der Waals surface area contributed by atoms with Gasteiger partial charge in [0.05, 0.1) is 6.54 Å². The molecule has 107 valence electrons.